The third-order valence-corrected chi connectivity index (χ3v) is 4.31. The number of benzene rings is 1. The van der Waals surface area contributed by atoms with E-state index < -0.39 is 10.8 Å². The van der Waals surface area contributed by atoms with Gasteiger partial charge in [-0.05, 0) is 37.7 Å². The number of rotatable bonds is 7. The first-order chi connectivity index (χ1) is 8.91. The topological polar surface area (TPSA) is 32.3 Å². The van der Waals surface area contributed by atoms with Crippen LogP contribution in [0.5, 0.6) is 0 Å². The smallest absolute Gasteiger partial charge is 0.0498 e. The van der Waals surface area contributed by atoms with Crippen LogP contribution in [-0.4, -0.2) is 42.0 Å². The second-order valence-corrected chi connectivity index (χ2v) is 6.88. The van der Waals surface area contributed by atoms with E-state index in [1.807, 2.05) is 24.3 Å². The van der Waals surface area contributed by atoms with E-state index in [2.05, 4.69) is 38.2 Å². The van der Waals surface area contributed by atoms with Gasteiger partial charge in [-0.25, -0.2) is 0 Å². The molecule has 0 unspecified atom stereocenters. The first kappa shape index (κ1) is 16.3. The summed E-state index contributed by atoms with van der Waals surface area (Å²) in [7, 11) is 3.36. The molecule has 0 aliphatic carbocycles. The lowest BCUT2D eigenvalue weighted by Crippen LogP contribution is -2.41. The Morgan fingerprint density at radius 1 is 1.21 bits per heavy atom. The van der Waals surface area contributed by atoms with E-state index >= 15 is 0 Å². The maximum absolute atomic E-state index is 11.3. The lowest BCUT2D eigenvalue weighted by molar-refractivity contribution is 0.224. The summed E-state index contributed by atoms with van der Waals surface area (Å²) in [5, 5.41) is 3.50. The molecule has 0 amide bonds. The Labute approximate surface area is 119 Å². The van der Waals surface area contributed by atoms with Gasteiger partial charge in [-0.1, -0.05) is 26.0 Å². The molecule has 0 spiro atoms. The van der Waals surface area contributed by atoms with Gasteiger partial charge in [0.15, 0.2) is 0 Å². The van der Waals surface area contributed by atoms with E-state index in [0.717, 1.165) is 18.0 Å². The van der Waals surface area contributed by atoms with Gasteiger partial charge in [-0.15, -0.1) is 0 Å². The van der Waals surface area contributed by atoms with Crippen molar-refractivity contribution >= 4 is 10.8 Å². The summed E-state index contributed by atoms with van der Waals surface area (Å²) in [5.74, 6) is 0.632. The van der Waals surface area contributed by atoms with Crippen molar-refractivity contribution in [3.8, 4) is 0 Å². The molecule has 1 N–H and O–H groups in total. The predicted octanol–water partition coefficient (Wildman–Crippen LogP) is 2.10. The van der Waals surface area contributed by atoms with E-state index in [9.17, 15) is 4.21 Å². The minimum absolute atomic E-state index is 0.544. The molecule has 1 aromatic carbocycles. The standard InChI is InChI=1S/C15H26N2OS/c1-12(2)15(17(3)4)11-16-10-13-6-8-14(9-7-13)19(5)18/h6-9,12,15-16H,10-11H2,1-5H3/t15-,19+/m0/s1. The van der Waals surface area contributed by atoms with E-state index in [4.69, 9.17) is 0 Å². The first-order valence-corrected chi connectivity index (χ1v) is 8.27. The Balaban J connectivity index is 2.46. The van der Waals surface area contributed by atoms with Crippen molar-refractivity contribution in [2.45, 2.75) is 31.3 Å². The van der Waals surface area contributed by atoms with Gasteiger partial charge in [-0.3, -0.25) is 4.21 Å². The van der Waals surface area contributed by atoms with Crippen molar-refractivity contribution in [3.63, 3.8) is 0 Å². The Morgan fingerprint density at radius 3 is 2.21 bits per heavy atom. The highest BCUT2D eigenvalue weighted by Crippen LogP contribution is 2.09. The van der Waals surface area contributed by atoms with Crippen LogP contribution in [0.1, 0.15) is 19.4 Å². The molecule has 19 heavy (non-hydrogen) atoms. The Kier molecular flexibility index (Phi) is 6.69. The van der Waals surface area contributed by atoms with E-state index in [-0.39, 0.29) is 0 Å². The molecule has 2 atom stereocenters. The third kappa shape index (κ3) is 5.43. The van der Waals surface area contributed by atoms with Crippen molar-refractivity contribution in [2.75, 3.05) is 26.9 Å². The van der Waals surface area contributed by atoms with Crippen molar-refractivity contribution in [2.24, 2.45) is 5.92 Å². The predicted molar refractivity (Wildman–Crippen MR) is 82.8 cm³/mol. The number of likely N-dealkylation sites (N-methyl/N-ethyl adjacent to an activating group) is 1. The second-order valence-electron chi connectivity index (χ2n) is 5.50. The molecule has 108 valence electrons. The SMILES string of the molecule is CC(C)[C@H](CNCc1ccc([S@@](C)=O)cc1)N(C)C. The minimum atomic E-state index is -0.890. The molecule has 0 bridgehead atoms. The molecule has 0 fully saturated rings. The zero-order chi connectivity index (χ0) is 14.4. The van der Waals surface area contributed by atoms with Gasteiger partial charge in [0.2, 0.25) is 0 Å². The van der Waals surface area contributed by atoms with Gasteiger partial charge in [-0.2, -0.15) is 0 Å². The monoisotopic (exact) mass is 282 g/mol. The largest absolute Gasteiger partial charge is 0.311 e. The van der Waals surface area contributed by atoms with Crippen LogP contribution in [-0.2, 0) is 17.3 Å². The van der Waals surface area contributed by atoms with Crippen LogP contribution in [0, 0.1) is 5.92 Å². The Hall–Kier alpha value is -0.710. The molecule has 0 saturated carbocycles. The first-order valence-electron chi connectivity index (χ1n) is 6.71. The van der Waals surface area contributed by atoms with Crippen LogP contribution in [0.2, 0.25) is 0 Å². The third-order valence-electron chi connectivity index (χ3n) is 3.37. The van der Waals surface area contributed by atoms with Crippen molar-refractivity contribution in [1.82, 2.24) is 10.2 Å². The highest BCUT2D eigenvalue weighted by atomic mass is 32.2. The highest BCUT2D eigenvalue weighted by Gasteiger charge is 2.14. The summed E-state index contributed by atoms with van der Waals surface area (Å²) in [4.78, 5) is 3.15. The quantitative estimate of drug-likeness (QED) is 0.831. The van der Waals surface area contributed by atoms with Crippen LogP contribution < -0.4 is 5.32 Å². The molecule has 0 saturated heterocycles. The summed E-state index contributed by atoms with van der Waals surface area (Å²) in [5.41, 5.74) is 1.23. The lowest BCUT2D eigenvalue weighted by atomic mass is 10.0. The molecule has 3 nitrogen and oxygen atoms in total. The molecular formula is C15H26N2OS. The highest BCUT2D eigenvalue weighted by molar-refractivity contribution is 7.84. The van der Waals surface area contributed by atoms with Crippen molar-refractivity contribution < 1.29 is 4.21 Å². The van der Waals surface area contributed by atoms with E-state index in [1.165, 1.54) is 5.56 Å². The van der Waals surface area contributed by atoms with Gasteiger partial charge >= 0.3 is 0 Å². The van der Waals surface area contributed by atoms with Gasteiger partial charge in [0.05, 0.1) is 0 Å². The van der Waals surface area contributed by atoms with Crippen LogP contribution >= 0.6 is 0 Å². The second kappa shape index (κ2) is 7.78. The summed E-state index contributed by atoms with van der Waals surface area (Å²) < 4.78 is 11.3. The van der Waals surface area contributed by atoms with Crippen LogP contribution in [0.15, 0.2) is 29.2 Å². The van der Waals surface area contributed by atoms with Gasteiger partial charge in [0.25, 0.3) is 0 Å². The average molecular weight is 282 g/mol. The molecule has 1 rings (SSSR count). The molecule has 0 aromatic heterocycles. The zero-order valence-electron chi connectivity index (χ0n) is 12.6. The molecule has 4 heteroatoms. The Morgan fingerprint density at radius 2 is 1.79 bits per heavy atom. The fraction of sp³-hybridized carbons (Fsp3) is 0.600. The fourth-order valence-electron chi connectivity index (χ4n) is 2.18. The maximum Gasteiger partial charge on any atom is 0.0498 e. The number of hydrogen-bond donors (Lipinski definition) is 1. The summed E-state index contributed by atoms with van der Waals surface area (Å²) >= 11 is 0. The van der Waals surface area contributed by atoms with Gasteiger partial charge in [0.1, 0.15) is 0 Å². The number of hydrogen-bond acceptors (Lipinski definition) is 3. The molecule has 0 aliphatic rings. The van der Waals surface area contributed by atoms with Gasteiger partial charge in [0, 0.05) is 41.1 Å². The van der Waals surface area contributed by atoms with E-state index in [1.54, 1.807) is 6.26 Å². The maximum atomic E-state index is 11.3. The van der Waals surface area contributed by atoms with Crippen molar-refractivity contribution in [1.29, 1.82) is 0 Å². The molecule has 1 aromatic rings. The van der Waals surface area contributed by atoms with E-state index in [0.29, 0.717) is 12.0 Å². The molecular weight excluding hydrogens is 256 g/mol. The fourth-order valence-corrected chi connectivity index (χ4v) is 2.70. The van der Waals surface area contributed by atoms with Crippen LogP contribution in [0.3, 0.4) is 0 Å². The minimum Gasteiger partial charge on any atom is -0.311 e. The van der Waals surface area contributed by atoms with Crippen molar-refractivity contribution in [3.05, 3.63) is 29.8 Å². The molecule has 0 heterocycles. The summed E-state index contributed by atoms with van der Waals surface area (Å²) in [6, 6.07) is 8.52. The Bertz CT molecular complexity index is 393. The molecule has 0 radical (unpaired) electrons. The average Bonchev–Trinajstić information content (AvgIpc) is 2.34. The van der Waals surface area contributed by atoms with Crippen LogP contribution in [0.25, 0.3) is 0 Å². The molecule has 0 aliphatic heterocycles. The lowest BCUT2D eigenvalue weighted by Gasteiger charge is -2.28. The zero-order valence-corrected chi connectivity index (χ0v) is 13.5. The normalized spacial score (nSPS) is 14.9. The van der Waals surface area contributed by atoms with Crippen LogP contribution in [0.4, 0.5) is 0 Å². The summed E-state index contributed by atoms with van der Waals surface area (Å²) in [6.07, 6.45) is 1.71. The number of nitrogens with zero attached hydrogens (tertiary/aromatic N) is 1. The van der Waals surface area contributed by atoms with Gasteiger partial charge < -0.3 is 10.2 Å². The summed E-state index contributed by atoms with van der Waals surface area (Å²) in [6.45, 7) is 6.33. The number of nitrogens with one attached hydrogen (secondary N) is 1.